The Morgan fingerprint density at radius 3 is 2.78 bits per heavy atom. The number of carbonyl (C=O) groups is 1. The fourth-order valence-electron chi connectivity index (χ4n) is 3.65. The molecule has 5 nitrogen and oxygen atoms in total. The molecule has 1 aliphatic rings. The number of benzene rings is 2. The molecule has 27 heavy (non-hydrogen) atoms. The SMILES string of the molecule is Cc1ccc(-c2nc3cc(F)ccc3n2C)cc1NC(=O)C1CCNCC1. The van der Waals surface area contributed by atoms with Gasteiger partial charge in [-0.15, -0.1) is 0 Å². The number of nitrogens with one attached hydrogen (secondary N) is 2. The number of hydrogen-bond acceptors (Lipinski definition) is 3. The lowest BCUT2D eigenvalue weighted by Gasteiger charge is -2.22. The normalized spacial score (nSPS) is 15.2. The average molecular weight is 366 g/mol. The number of imidazole rings is 1. The molecule has 1 aliphatic heterocycles. The second-order valence-electron chi connectivity index (χ2n) is 7.17. The molecule has 1 fully saturated rings. The maximum absolute atomic E-state index is 13.5. The van der Waals surface area contributed by atoms with Crippen LogP contribution in [0.1, 0.15) is 18.4 Å². The first kappa shape index (κ1) is 17.7. The van der Waals surface area contributed by atoms with Gasteiger partial charge in [-0.2, -0.15) is 0 Å². The molecule has 1 amide bonds. The zero-order chi connectivity index (χ0) is 19.0. The summed E-state index contributed by atoms with van der Waals surface area (Å²) < 4.78 is 15.5. The molecule has 0 aliphatic carbocycles. The Bertz CT molecular complexity index is 1000. The molecule has 2 N–H and O–H groups in total. The van der Waals surface area contributed by atoms with Crippen molar-refractivity contribution < 1.29 is 9.18 Å². The van der Waals surface area contributed by atoms with Crippen LogP contribution >= 0.6 is 0 Å². The number of hydrogen-bond donors (Lipinski definition) is 2. The van der Waals surface area contributed by atoms with E-state index < -0.39 is 0 Å². The lowest BCUT2D eigenvalue weighted by molar-refractivity contribution is -0.120. The highest BCUT2D eigenvalue weighted by atomic mass is 19.1. The van der Waals surface area contributed by atoms with Crippen LogP contribution in [0.3, 0.4) is 0 Å². The van der Waals surface area contributed by atoms with Crippen molar-refractivity contribution in [1.82, 2.24) is 14.9 Å². The minimum Gasteiger partial charge on any atom is -0.327 e. The molecule has 6 heteroatoms. The summed E-state index contributed by atoms with van der Waals surface area (Å²) in [5.74, 6) is 0.566. The largest absolute Gasteiger partial charge is 0.327 e. The predicted octanol–water partition coefficient (Wildman–Crippen LogP) is 3.63. The van der Waals surface area contributed by atoms with Crippen LogP contribution in [-0.2, 0) is 11.8 Å². The molecule has 4 rings (SSSR count). The minimum atomic E-state index is -0.300. The first-order valence-electron chi connectivity index (χ1n) is 9.27. The quantitative estimate of drug-likeness (QED) is 0.744. The fourth-order valence-corrected chi connectivity index (χ4v) is 3.65. The molecule has 3 aromatic rings. The molecule has 0 radical (unpaired) electrons. The van der Waals surface area contributed by atoms with Crippen LogP contribution in [0.5, 0.6) is 0 Å². The highest BCUT2D eigenvalue weighted by molar-refractivity contribution is 5.94. The van der Waals surface area contributed by atoms with E-state index in [1.54, 1.807) is 6.07 Å². The standard InChI is InChI=1S/C21H23FN4O/c1-13-3-4-15(11-17(13)25-21(27)14-7-9-23-10-8-14)20-24-18-12-16(22)5-6-19(18)26(20)2/h3-6,11-12,14,23H,7-10H2,1-2H3,(H,25,27). The van der Waals surface area contributed by atoms with Crippen molar-refractivity contribution in [3.63, 3.8) is 0 Å². The van der Waals surface area contributed by atoms with Gasteiger partial charge in [0, 0.05) is 30.3 Å². The molecular weight excluding hydrogens is 343 g/mol. The van der Waals surface area contributed by atoms with Crippen molar-refractivity contribution in [2.45, 2.75) is 19.8 Å². The van der Waals surface area contributed by atoms with E-state index >= 15 is 0 Å². The predicted molar refractivity (Wildman–Crippen MR) is 105 cm³/mol. The van der Waals surface area contributed by atoms with Crippen molar-refractivity contribution in [2.24, 2.45) is 13.0 Å². The fraction of sp³-hybridized carbons (Fsp3) is 0.333. The third-order valence-electron chi connectivity index (χ3n) is 5.31. The number of aromatic nitrogens is 2. The van der Waals surface area contributed by atoms with Crippen LogP contribution in [0.15, 0.2) is 36.4 Å². The van der Waals surface area contributed by atoms with Gasteiger partial charge in [0.15, 0.2) is 0 Å². The van der Waals surface area contributed by atoms with Gasteiger partial charge in [0.1, 0.15) is 11.6 Å². The molecular formula is C21H23FN4O. The smallest absolute Gasteiger partial charge is 0.227 e. The van der Waals surface area contributed by atoms with E-state index in [0.717, 1.165) is 54.1 Å². The summed E-state index contributed by atoms with van der Waals surface area (Å²) >= 11 is 0. The summed E-state index contributed by atoms with van der Waals surface area (Å²) in [5, 5.41) is 6.37. The van der Waals surface area contributed by atoms with Crippen LogP contribution in [0.2, 0.25) is 0 Å². The Kier molecular flexibility index (Phi) is 4.66. The van der Waals surface area contributed by atoms with E-state index in [2.05, 4.69) is 15.6 Å². The number of rotatable bonds is 3. The van der Waals surface area contributed by atoms with Crippen LogP contribution in [0, 0.1) is 18.7 Å². The van der Waals surface area contributed by atoms with Gasteiger partial charge < -0.3 is 15.2 Å². The summed E-state index contributed by atoms with van der Waals surface area (Å²) in [4.78, 5) is 17.2. The summed E-state index contributed by atoms with van der Waals surface area (Å²) in [6.45, 7) is 3.74. The second kappa shape index (κ2) is 7.12. The number of piperidine rings is 1. The van der Waals surface area contributed by atoms with Gasteiger partial charge in [0.25, 0.3) is 0 Å². The molecule has 1 saturated heterocycles. The van der Waals surface area contributed by atoms with E-state index in [4.69, 9.17) is 0 Å². The number of nitrogens with zero attached hydrogens (tertiary/aromatic N) is 2. The number of halogens is 1. The van der Waals surface area contributed by atoms with Crippen molar-refractivity contribution >= 4 is 22.6 Å². The first-order valence-corrected chi connectivity index (χ1v) is 9.27. The zero-order valence-electron chi connectivity index (χ0n) is 15.6. The second-order valence-corrected chi connectivity index (χ2v) is 7.17. The van der Waals surface area contributed by atoms with Gasteiger partial charge in [-0.1, -0.05) is 12.1 Å². The number of amides is 1. The summed E-state index contributed by atoms with van der Waals surface area (Å²) in [6.07, 6.45) is 1.72. The molecule has 0 atom stereocenters. The minimum absolute atomic E-state index is 0.0491. The Hall–Kier alpha value is -2.73. The molecule has 0 spiro atoms. The molecule has 0 unspecified atom stereocenters. The number of carbonyl (C=O) groups excluding carboxylic acids is 1. The van der Waals surface area contributed by atoms with Crippen molar-refractivity contribution in [3.8, 4) is 11.4 Å². The maximum atomic E-state index is 13.5. The van der Waals surface area contributed by atoms with E-state index in [1.807, 2.05) is 36.7 Å². The topological polar surface area (TPSA) is 59.0 Å². The Morgan fingerprint density at radius 2 is 2.00 bits per heavy atom. The molecule has 2 aromatic carbocycles. The molecule has 0 saturated carbocycles. The van der Waals surface area contributed by atoms with Gasteiger partial charge in [0.2, 0.25) is 5.91 Å². The number of aryl methyl sites for hydroxylation is 2. The molecule has 0 bridgehead atoms. The maximum Gasteiger partial charge on any atom is 0.227 e. The Morgan fingerprint density at radius 1 is 1.22 bits per heavy atom. The van der Waals surface area contributed by atoms with Crippen LogP contribution < -0.4 is 10.6 Å². The Labute approximate surface area is 157 Å². The lowest BCUT2D eigenvalue weighted by Crippen LogP contribution is -2.34. The van der Waals surface area contributed by atoms with Crippen molar-refractivity contribution in [1.29, 1.82) is 0 Å². The van der Waals surface area contributed by atoms with Crippen LogP contribution in [-0.4, -0.2) is 28.5 Å². The number of fused-ring (bicyclic) bond motifs is 1. The summed E-state index contributed by atoms with van der Waals surface area (Å²) in [7, 11) is 1.91. The van der Waals surface area contributed by atoms with E-state index in [-0.39, 0.29) is 17.6 Å². The van der Waals surface area contributed by atoms with Gasteiger partial charge in [-0.25, -0.2) is 9.37 Å². The van der Waals surface area contributed by atoms with Gasteiger partial charge in [0.05, 0.1) is 11.0 Å². The van der Waals surface area contributed by atoms with Gasteiger partial charge in [-0.3, -0.25) is 4.79 Å². The first-order chi connectivity index (χ1) is 13.0. The van der Waals surface area contributed by atoms with E-state index in [9.17, 15) is 9.18 Å². The molecule has 2 heterocycles. The highest BCUT2D eigenvalue weighted by Gasteiger charge is 2.21. The van der Waals surface area contributed by atoms with Crippen molar-refractivity contribution in [2.75, 3.05) is 18.4 Å². The van der Waals surface area contributed by atoms with Crippen LogP contribution in [0.25, 0.3) is 22.4 Å². The number of anilines is 1. The monoisotopic (exact) mass is 366 g/mol. The third-order valence-corrected chi connectivity index (χ3v) is 5.31. The average Bonchev–Trinajstić information content (AvgIpc) is 3.00. The van der Waals surface area contributed by atoms with Gasteiger partial charge >= 0.3 is 0 Å². The molecule has 1 aromatic heterocycles. The lowest BCUT2D eigenvalue weighted by atomic mass is 9.97. The zero-order valence-corrected chi connectivity index (χ0v) is 15.6. The molecule has 140 valence electrons. The summed E-state index contributed by atoms with van der Waals surface area (Å²) in [5.41, 5.74) is 4.18. The van der Waals surface area contributed by atoms with Gasteiger partial charge in [-0.05, 0) is 56.6 Å². The Balaban J connectivity index is 1.66. The highest BCUT2D eigenvalue weighted by Crippen LogP contribution is 2.28. The summed E-state index contributed by atoms with van der Waals surface area (Å²) in [6, 6.07) is 10.5. The van der Waals surface area contributed by atoms with E-state index in [0.29, 0.717) is 5.52 Å². The third kappa shape index (κ3) is 3.45. The van der Waals surface area contributed by atoms with E-state index in [1.165, 1.54) is 12.1 Å². The van der Waals surface area contributed by atoms with Crippen LogP contribution in [0.4, 0.5) is 10.1 Å². The van der Waals surface area contributed by atoms with Crippen molar-refractivity contribution in [3.05, 3.63) is 47.8 Å².